The van der Waals surface area contributed by atoms with E-state index < -0.39 is 0 Å². The fourth-order valence-electron chi connectivity index (χ4n) is 9.73. The van der Waals surface area contributed by atoms with E-state index in [4.69, 9.17) is 0 Å². The number of imidazole rings is 1. The summed E-state index contributed by atoms with van der Waals surface area (Å²) in [6.45, 7) is 10.3. The van der Waals surface area contributed by atoms with Crippen molar-refractivity contribution in [3.05, 3.63) is 179 Å². The lowest BCUT2D eigenvalue weighted by molar-refractivity contribution is -0.696. The lowest BCUT2D eigenvalue weighted by Crippen LogP contribution is -2.42. The molecule has 302 valence electrons. The zero-order chi connectivity index (χ0) is 41.7. The number of rotatable bonds is 10. The van der Waals surface area contributed by atoms with Crippen LogP contribution in [0.3, 0.4) is 0 Å². The normalized spacial score (nSPS) is 15.9. The van der Waals surface area contributed by atoms with E-state index in [1.54, 1.807) is 12.1 Å². The number of allylic oxidation sites excluding steroid dienone is 4. The highest BCUT2D eigenvalue weighted by molar-refractivity contribution is 6.26. The maximum absolute atomic E-state index is 14.1. The summed E-state index contributed by atoms with van der Waals surface area (Å²) in [5.74, 6) is 0.754. The van der Waals surface area contributed by atoms with E-state index >= 15 is 0 Å². The Hall–Kier alpha value is -6.74. The van der Waals surface area contributed by atoms with Gasteiger partial charge in [0.25, 0.3) is 5.82 Å². The second-order valence-corrected chi connectivity index (χ2v) is 15.5. The summed E-state index contributed by atoms with van der Waals surface area (Å²) in [6.07, 6.45) is 14.5. The number of hydrogen-bond acceptors (Lipinski definition) is 5. The van der Waals surface area contributed by atoms with Crippen LogP contribution in [0.25, 0.3) is 18.2 Å². The zero-order valence-corrected chi connectivity index (χ0v) is 34.7. The fraction of sp³-hybridized carbons (Fsp3) is 0.255. The molecule has 9 rings (SSSR count). The van der Waals surface area contributed by atoms with E-state index in [1.807, 2.05) is 60.2 Å². The Morgan fingerprint density at radius 3 is 1.95 bits per heavy atom. The number of anilines is 2. The zero-order valence-electron chi connectivity index (χ0n) is 34.7. The van der Waals surface area contributed by atoms with Gasteiger partial charge < -0.3 is 19.1 Å². The van der Waals surface area contributed by atoms with E-state index in [0.717, 1.165) is 70.8 Å². The van der Waals surface area contributed by atoms with E-state index in [9.17, 15) is 19.5 Å². The predicted octanol–water partition coefficient (Wildman–Crippen LogP) is 7.45. The minimum Gasteiger partial charge on any atom is -0.505 e. The average molecular weight is 797 g/mol. The van der Waals surface area contributed by atoms with Crippen molar-refractivity contribution in [3.63, 3.8) is 0 Å². The van der Waals surface area contributed by atoms with Gasteiger partial charge in [-0.1, -0.05) is 72.8 Å². The molecule has 0 saturated heterocycles. The van der Waals surface area contributed by atoms with Crippen LogP contribution < -0.4 is 25.6 Å². The van der Waals surface area contributed by atoms with Crippen LogP contribution in [0.15, 0.2) is 119 Å². The highest BCUT2D eigenvalue weighted by Gasteiger charge is 2.42. The monoisotopic (exact) mass is 796 g/mol. The number of aromatic hydroxyl groups is 1. The van der Waals surface area contributed by atoms with Gasteiger partial charge in [0, 0.05) is 52.4 Å². The summed E-state index contributed by atoms with van der Waals surface area (Å²) in [6, 6.07) is 27.8. The molecule has 1 aliphatic heterocycles. The molecule has 3 aromatic carbocycles. The topological polar surface area (TPSA) is 93.3 Å². The van der Waals surface area contributed by atoms with Crippen LogP contribution in [0.2, 0.25) is 0 Å². The number of benzene rings is 3. The summed E-state index contributed by atoms with van der Waals surface area (Å²) in [5.41, 5.74) is 8.66. The minimum absolute atomic E-state index is 0.0165. The Balaban J connectivity index is 1.27. The van der Waals surface area contributed by atoms with Gasteiger partial charge in [-0.3, -0.25) is 14.4 Å². The SMILES string of the molecule is CCn1c2c([n+](CC)c1C=CC1=C(N(c3ccccc3)c3ccccc3)C(=CC=c3n(CC)c4c(O)c5c(c(=O)c=4n3CC)=CCCC5)CC1)C(=O)c1ccccc1C2=O. The largest absolute Gasteiger partial charge is 0.505 e. The van der Waals surface area contributed by atoms with Crippen molar-refractivity contribution in [2.45, 2.75) is 86.0 Å². The van der Waals surface area contributed by atoms with Crippen molar-refractivity contribution < 1.29 is 19.3 Å². The number of para-hydroxylation sites is 2. The maximum atomic E-state index is 14.1. The van der Waals surface area contributed by atoms with Crippen molar-refractivity contribution in [2.24, 2.45) is 0 Å². The number of carbonyl (C=O) groups excluding carboxylic acids is 2. The molecule has 1 N–H and O–H groups in total. The maximum Gasteiger partial charge on any atom is 0.282 e. The van der Waals surface area contributed by atoms with Crippen molar-refractivity contribution in [1.29, 1.82) is 0 Å². The number of fused-ring (bicyclic) bond motifs is 3. The van der Waals surface area contributed by atoms with Crippen LogP contribution in [-0.4, -0.2) is 30.4 Å². The van der Waals surface area contributed by atoms with E-state index in [0.29, 0.717) is 71.0 Å². The van der Waals surface area contributed by atoms with Gasteiger partial charge in [-0.2, -0.15) is 0 Å². The molecule has 4 aliphatic carbocycles. The summed E-state index contributed by atoms with van der Waals surface area (Å²) < 4.78 is 8.11. The van der Waals surface area contributed by atoms with Crippen molar-refractivity contribution in [2.75, 3.05) is 4.90 Å². The van der Waals surface area contributed by atoms with Gasteiger partial charge in [-0.15, -0.1) is 0 Å². The van der Waals surface area contributed by atoms with Crippen molar-refractivity contribution >= 4 is 41.2 Å². The first-order chi connectivity index (χ1) is 29.3. The third-order valence-electron chi connectivity index (χ3n) is 12.4. The Morgan fingerprint density at radius 1 is 0.700 bits per heavy atom. The van der Waals surface area contributed by atoms with Crippen LogP contribution >= 0.6 is 0 Å². The summed E-state index contributed by atoms with van der Waals surface area (Å²) >= 11 is 0. The van der Waals surface area contributed by atoms with Crippen LogP contribution in [0, 0.1) is 10.7 Å². The molecule has 0 atom stereocenters. The first kappa shape index (κ1) is 38.8. The second-order valence-electron chi connectivity index (χ2n) is 15.5. The van der Waals surface area contributed by atoms with Gasteiger partial charge in [-0.05, 0) is 107 Å². The van der Waals surface area contributed by atoms with Crippen LogP contribution in [-0.2, 0) is 32.6 Å². The van der Waals surface area contributed by atoms with E-state index in [2.05, 4.69) is 93.8 Å². The summed E-state index contributed by atoms with van der Waals surface area (Å²) in [7, 11) is 0. The Kier molecular flexibility index (Phi) is 10.2. The molecule has 2 heterocycles. The van der Waals surface area contributed by atoms with Gasteiger partial charge in [0.15, 0.2) is 0 Å². The van der Waals surface area contributed by atoms with Crippen LogP contribution in [0.1, 0.15) is 96.9 Å². The molecule has 1 aromatic heterocycles. The number of hydrogen-bond donors (Lipinski definition) is 1. The number of ketones is 2. The van der Waals surface area contributed by atoms with Gasteiger partial charge in [-0.25, -0.2) is 9.13 Å². The van der Waals surface area contributed by atoms with Crippen molar-refractivity contribution in [3.8, 4) is 5.75 Å². The van der Waals surface area contributed by atoms with E-state index in [-0.39, 0.29) is 22.7 Å². The van der Waals surface area contributed by atoms with Gasteiger partial charge in [0.1, 0.15) is 21.9 Å². The molecule has 0 unspecified atom stereocenters. The molecular formula is C51H50N5O4+. The standard InChI is InChI=1S/C51H49N5O4/c1-5-52-41(53(6-2)45-44(52)48(57)37-23-15-16-24-38(37)49(45)58)31-29-33-27-28-34(43(33)56(35-19-11-9-12-20-35)36-21-13-10-14-22-36)30-32-42-54(7-3)46-47(55(42)8-4)51(60)40-26-18-17-25-39(40)50(46)59/h9-16,19-25,29-32H,5-8,17-18,26-28H2,1-4H3/p+1. The van der Waals surface area contributed by atoms with Crippen molar-refractivity contribution in [1.82, 2.24) is 13.7 Å². The highest BCUT2D eigenvalue weighted by Crippen LogP contribution is 2.42. The summed E-state index contributed by atoms with van der Waals surface area (Å²) in [5, 5.41) is 13.5. The number of nitrogens with zero attached hydrogens (tertiary/aromatic N) is 5. The number of carbonyl (C=O) groups is 2. The lowest BCUT2D eigenvalue weighted by Gasteiger charge is -2.28. The molecule has 9 heteroatoms. The Labute approximate surface area is 349 Å². The minimum atomic E-state index is -0.130. The second kappa shape index (κ2) is 15.8. The molecule has 0 bridgehead atoms. The molecule has 0 radical (unpaired) electrons. The first-order valence-corrected chi connectivity index (χ1v) is 21.4. The van der Waals surface area contributed by atoms with Gasteiger partial charge in [0.2, 0.25) is 28.4 Å². The smallest absolute Gasteiger partial charge is 0.282 e. The Bertz CT molecular complexity index is 2970. The quantitative estimate of drug-likeness (QED) is 0.145. The van der Waals surface area contributed by atoms with Crippen LogP contribution in [0.5, 0.6) is 5.75 Å². The van der Waals surface area contributed by atoms with E-state index in [1.165, 1.54) is 0 Å². The molecule has 0 saturated carbocycles. The Morgan fingerprint density at radius 2 is 1.32 bits per heavy atom. The molecule has 4 aromatic rings. The van der Waals surface area contributed by atoms with Gasteiger partial charge >= 0.3 is 0 Å². The fourth-order valence-corrected chi connectivity index (χ4v) is 9.73. The third-order valence-corrected chi connectivity index (χ3v) is 12.4. The molecule has 0 spiro atoms. The predicted molar refractivity (Wildman–Crippen MR) is 236 cm³/mol. The molecular weight excluding hydrogens is 747 g/mol. The summed E-state index contributed by atoms with van der Waals surface area (Å²) in [4.78, 5) is 44.5. The lowest BCUT2D eigenvalue weighted by atomic mass is 9.90. The highest BCUT2D eigenvalue weighted by atomic mass is 16.3. The van der Waals surface area contributed by atoms with Crippen LogP contribution in [0.4, 0.5) is 11.4 Å². The first-order valence-electron chi connectivity index (χ1n) is 21.4. The molecule has 0 amide bonds. The average Bonchev–Trinajstić information content (AvgIpc) is 3.95. The molecule has 9 nitrogen and oxygen atoms in total. The molecule has 5 aliphatic rings. The molecule has 60 heavy (non-hydrogen) atoms. The third kappa shape index (κ3) is 6.05. The molecule has 0 fully saturated rings. The number of aromatic nitrogens is 4. The van der Waals surface area contributed by atoms with Gasteiger partial charge in [0.05, 0.1) is 18.8 Å².